The molecule has 1 aromatic carbocycles. The van der Waals surface area contributed by atoms with E-state index in [-0.39, 0.29) is 5.91 Å². The van der Waals surface area contributed by atoms with Gasteiger partial charge in [-0.25, -0.2) is 0 Å². The molecule has 0 atom stereocenters. The highest BCUT2D eigenvalue weighted by Crippen LogP contribution is 2.21. The van der Waals surface area contributed by atoms with Crippen LogP contribution in [0.4, 0.5) is 5.82 Å². The molecule has 6 heteroatoms. The highest BCUT2D eigenvalue weighted by molar-refractivity contribution is 9.10. The Labute approximate surface area is 142 Å². The number of hydrogen-bond donors (Lipinski definition) is 1. The number of amides is 1. The number of carbonyl (C=O) groups is 1. The van der Waals surface area contributed by atoms with Gasteiger partial charge in [-0.2, -0.15) is 5.10 Å². The van der Waals surface area contributed by atoms with E-state index in [0.29, 0.717) is 17.9 Å². The van der Waals surface area contributed by atoms with Crippen LogP contribution in [0.5, 0.6) is 0 Å². The van der Waals surface area contributed by atoms with E-state index >= 15 is 0 Å². The molecule has 0 saturated heterocycles. The molecule has 0 spiro atoms. The van der Waals surface area contributed by atoms with Crippen LogP contribution in [0, 0.1) is 6.92 Å². The molecule has 0 aliphatic carbocycles. The van der Waals surface area contributed by atoms with Gasteiger partial charge in [-0.3, -0.25) is 14.5 Å². The van der Waals surface area contributed by atoms with E-state index < -0.39 is 0 Å². The molecule has 2 heterocycles. The smallest absolute Gasteiger partial charge is 0.257 e. The lowest BCUT2D eigenvalue weighted by molar-refractivity contribution is 0.102. The van der Waals surface area contributed by atoms with Crippen LogP contribution in [0.3, 0.4) is 0 Å². The number of pyridine rings is 1. The van der Waals surface area contributed by atoms with Gasteiger partial charge in [0.05, 0.1) is 11.0 Å². The summed E-state index contributed by atoms with van der Waals surface area (Å²) >= 11 is 3.43. The van der Waals surface area contributed by atoms with Gasteiger partial charge in [-0.1, -0.05) is 29.8 Å². The quantitative estimate of drug-likeness (QED) is 0.762. The molecule has 1 amide bonds. The predicted molar refractivity (Wildman–Crippen MR) is 92.4 cm³/mol. The van der Waals surface area contributed by atoms with E-state index in [0.717, 1.165) is 10.0 Å². The standard InChI is InChI=1S/C17H15BrN4O/c1-12-2-4-13(5-3-12)10-22-11-15(18)16(21-22)20-17(23)14-6-8-19-9-7-14/h2-9,11H,10H2,1H3,(H,20,21,23). The minimum Gasteiger partial charge on any atom is -0.304 e. The molecule has 1 N–H and O–H groups in total. The Morgan fingerprint density at radius 3 is 2.57 bits per heavy atom. The summed E-state index contributed by atoms with van der Waals surface area (Å²) in [6.45, 7) is 2.70. The number of halogens is 1. The number of carbonyl (C=O) groups excluding carboxylic acids is 1. The summed E-state index contributed by atoms with van der Waals surface area (Å²) in [4.78, 5) is 16.1. The second kappa shape index (κ2) is 6.75. The Morgan fingerprint density at radius 1 is 1.17 bits per heavy atom. The zero-order valence-electron chi connectivity index (χ0n) is 12.5. The van der Waals surface area contributed by atoms with E-state index in [2.05, 4.69) is 62.5 Å². The summed E-state index contributed by atoms with van der Waals surface area (Å²) in [6, 6.07) is 11.6. The molecule has 116 valence electrons. The molecule has 0 aliphatic heterocycles. The first-order chi connectivity index (χ1) is 11.1. The summed E-state index contributed by atoms with van der Waals surface area (Å²) < 4.78 is 2.53. The van der Waals surface area contributed by atoms with Crippen LogP contribution in [0.15, 0.2) is 59.5 Å². The molecule has 0 radical (unpaired) electrons. The van der Waals surface area contributed by atoms with Crippen molar-refractivity contribution in [1.29, 1.82) is 0 Å². The largest absolute Gasteiger partial charge is 0.304 e. The average molecular weight is 371 g/mol. The molecule has 0 saturated carbocycles. The van der Waals surface area contributed by atoms with Crippen molar-refractivity contribution in [1.82, 2.24) is 14.8 Å². The Kier molecular flexibility index (Phi) is 4.52. The molecule has 0 unspecified atom stereocenters. The number of nitrogens with zero attached hydrogens (tertiary/aromatic N) is 3. The van der Waals surface area contributed by atoms with E-state index in [1.54, 1.807) is 29.2 Å². The zero-order chi connectivity index (χ0) is 16.2. The fraction of sp³-hybridized carbons (Fsp3) is 0.118. The van der Waals surface area contributed by atoms with E-state index in [9.17, 15) is 4.79 Å². The Bertz CT molecular complexity index is 812. The van der Waals surface area contributed by atoms with Crippen LogP contribution in [0.25, 0.3) is 0 Å². The van der Waals surface area contributed by atoms with Gasteiger partial charge >= 0.3 is 0 Å². The first-order valence-corrected chi connectivity index (χ1v) is 7.91. The number of aromatic nitrogens is 3. The maximum Gasteiger partial charge on any atom is 0.257 e. The lowest BCUT2D eigenvalue weighted by atomic mass is 10.1. The third-order valence-corrected chi connectivity index (χ3v) is 3.94. The molecule has 3 rings (SSSR count). The molecule has 0 fully saturated rings. The van der Waals surface area contributed by atoms with Crippen molar-refractivity contribution in [2.24, 2.45) is 0 Å². The Morgan fingerprint density at radius 2 is 1.87 bits per heavy atom. The van der Waals surface area contributed by atoms with Crippen molar-refractivity contribution in [2.45, 2.75) is 13.5 Å². The van der Waals surface area contributed by atoms with Gasteiger partial charge in [-0.05, 0) is 40.5 Å². The third kappa shape index (κ3) is 3.84. The van der Waals surface area contributed by atoms with Crippen LogP contribution in [-0.2, 0) is 6.54 Å². The first-order valence-electron chi connectivity index (χ1n) is 7.12. The number of hydrogen-bond acceptors (Lipinski definition) is 3. The van der Waals surface area contributed by atoms with Gasteiger partial charge in [0.1, 0.15) is 0 Å². The Hall–Kier alpha value is -2.47. The molecular formula is C17H15BrN4O. The lowest BCUT2D eigenvalue weighted by Gasteiger charge is -2.03. The van der Waals surface area contributed by atoms with Crippen LogP contribution in [-0.4, -0.2) is 20.7 Å². The minimum atomic E-state index is -0.214. The highest BCUT2D eigenvalue weighted by Gasteiger charge is 2.12. The number of benzene rings is 1. The second-order valence-corrected chi connectivity index (χ2v) is 6.05. The molecule has 3 aromatic rings. The molecular weight excluding hydrogens is 356 g/mol. The minimum absolute atomic E-state index is 0.214. The van der Waals surface area contributed by atoms with E-state index in [1.807, 2.05) is 6.20 Å². The van der Waals surface area contributed by atoms with Gasteiger partial charge in [-0.15, -0.1) is 0 Å². The fourth-order valence-electron chi connectivity index (χ4n) is 2.13. The number of rotatable bonds is 4. The second-order valence-electron chi connectivity index (χ2n) is 5.20. The summed E-state index contributed by atoms with van der Waals surface area (Å²) in [5.74, 6) is 0.285. The van der Waals surface area contributed by atoms with Crippen molar-refractivity contribution in [3.05, 3.63) is 76.2 Å². The summed E-state index contributed by atoms with van der Waals surface area (Å²) in [5.41, 5.74) is 2.92. The van der Waals surface area contributed by atoms with Crippen LogP contribution in [0.1, 0.15) is 21.5 Å². The normalized spacial score (nSPS) is 10.5. The van der Waals surface area contributed by atoms with Crippen molar-refractivity contribution in [2.75, 3.05) is 5.32 Å². The van der Waals surface area contributed by atoms with Gasteiger partial charge in [0.25, 0.3) is 5.91 Å². The lowest BCUT2D eigenvalue weighted by Crippen LogP contribution is -2.13. The van der Waals surface area contributed by atoms with Crippen LogP contribution < -0.4 is 5.32 Å². The monoisotopic (exact) mass is 370 g/mol. The summed E-state index contributed by atoms with van der Waals surface area (Å²) in [6.07, 6.45) is 5.02. The predicted octanol–water partition coefficient (Wildman–Crippen LogP) is 3.65. The topological polar surface area (TPSA) is 59.8 Å². The maximum atomic E-state index is 12.2. The van der Waals surface area contributed by atoms with Crippen molar-refractivity contribution < 1.29 is 4.79 Å². The summed E-state index contributed by atoms with van der Waals surface area (Å²) in [7, 11) is 0. The van der Waals surface area contributed by atoms with E-state index in [1.165, 1.54) is 5.56 Å². The van der Waals surface area contributed by atoms with Crippen molar-refractivity contribution in [3.8, 4) is 0 Å². The van der Waals surface area contributed by atoms with Gasteiger partial charge in [0.2, 0.25) is 0 Å². The summed E-state index contributed by atoms with van der Waals surface area (Å²) in [5, 5.41) is 7.21. The van der Waals surface area contributed by atoms with Crippen molar-refractivity contribution in [3.63, 3.8) is 0 Å². The van der Waals surface area contributed by atoms with Gasteiger partial charge in [0.15, 0.2) is 5.82 Å². The molecule has 0 aliphatic rings. The van der Waals surface area contributed by atoms with Crippen molar-refractivity contribution >= 4 is 27.7 Å². The molecule has 0 bridgehead atoms. The zero-order valence-corrected chi connectivity index (χ0v) is 14.1. The highest BCUT2D eigenvalue weighted by atomic mass is 79.9. The maximum absolute atomic E-state index is 12.2. The number of nitrogens with one attached hydrogen (secondary N) is 1. The number of anilines is 1. The SMILES string of the molecule is Cc1ccc(Cn2cc(Br)c(NC(=O)c3ccncc3)n2)cc1. The molecule has 23 heavy (non-hydrogen) atoms. The molecule has 2 aromatic heterocycles. The average Bonchev–Trinajstić information content (AvgIpc) is 2.90. The Balaban J connectivity index is 1.73. The third-order valence-electron chi connectivity index (χ3n) is 3.36. The van der Waals surface area contributed by atoms with E-state index in [4.69, 9.17) is 0 Å². The van der Waals surface area contributed by atoms with Gasteiger partial charge in [0, 0.05) is 24.2 Å². The van der Waals surface area contributed by atoms with Crippen LogP contribution in [0.2, 0.25) is 0 Å². The van der Waals surface area contributed by atoms with Gasteiger partial charge < -0.3 is 5.32 Å². The molecule has 5 nitrogen and oxygen atoms in total. The fourth-order valence-corrected chi connectivity index (χ4v) is 2.54. The first kappa shape index (κ1) is 15.4. The number of aryl methyl sites for hydroxylation is 1. The van der Waals surface area contributed by atoms with Crippen LogP contribution >= 0.6 is 15.9 Å².